The number of aliphatic hydroxyl groups is 1. The minimum absolute atomic E-state index is 0. The highest BCUT2D eigenvalue weighted by Crippen LogP contribution is 2.18. The third-order valence-electron chi connectivity index (χ3n) is 4.85. The summed E-state index contributed by atoms with van der Waals surface area (Å²) < 4.78 is 0. The molecule has 2 atom stereocenters. The Bertz CT molecular complexity index is 719. The van der Waals surface area contributed by atoms with Crippen molar-refractivity contribution in [2.75, 3.05) is 40.3 Å². The lowest BCUT2D eigenvalue weighted by Gasteiger charge is -2.26. The van der Waals surface area contributed by atoms with Crippen LogP contribution in [0.25, 0.3) is 0 Å². The van der Waals surface area contributed by atoms with Crippen molar-refractivity contribution in [3.05, 3.63) is 71.3 Å². The van der Waals surface area contributed by atoms with Crippen LogP contribution in [0.3, 0.4) is 0 Å². The number of nitrogens with one attached hydrogen (secondary N) is 2. The lowest BCUT2D eigenvalue weighted by molar-refractivity contribution is 0.268. The van der Waals surface area contributed by atoms with Gasteiger partial charge < -0.3 is 20.6 Å². The molecule has 2 rings (SSSR count). The Labute approximate surface area is 192 Å². The number of hydrogen-bond acceptors (Lipinski definition) is 3. The molecule has 2 aromatic carbocycles. The maximum absolute atomic E-state index is 9.77. The minimum atomic E-state index is -0.00148. The van der Waals surface area contributed by atoms with Gasteiger partial charge in [-0.25, -0.2) is 0 Å². The first-order chi connectivity index (χ1) is 13.5. The fourth-order valence-corrected chi connectivity index (χ4v) is 3.12. The summed E-state index contributed by atoms with van der Waals surface area (Å²) in [5.74, 6) is 0.772. The van der Waals surface area contributed by atoms with Gasteiger partial charge in [-0.3, -0.25) is 4.99 Å². The summed E-state index contributed by atoms with van der Waals surface area (Å²) in [7, 11) is 4.18. The van der Waals surface area contributed by atoms with E-state index >= 15 is 0 Å². The van der Waals surface area contributed by atoms with E-state index in [-0.39, 0.29) is 42.5 Å². The molecule has 0 aliphatic rings. The number of rotatable bonds is 9. The smallest absolute Gasteiger partial charge is 0.191 e. The topological polar surface area (TPSA) is 59.9 Å². The molecule has 0 spiro atoms. The summed E-state index contributed by atoms with van der Waals surface area (Å²) in [6.45, 7) is 6.31. The summed E-state index contributed by atoms with van der Waals surface area (Å²) in [5.41, 5.74) is 3.65. The predicted octanol–water partition coefficient (Wildman–Crippen LogP) is 3.55. The van der Waals surface area contributed by atoms with Gasteiger partial charge in [-0.2, -0.15) is 0 Å². The molecule has 5 nitrogen and oxygen atoms in total. The fraction of sp³-hybridized carbons (Fsp3) is 0.435. The molecule has 0 aliphatic carbocycles. The van der Waals surface area contributed by atoms with E-state index in [1.54, 1.807) is 0 Å². The number of aryl methyl sites for hydroxylation is 1. The highest BCUT2D eigenvalue weighted by Gasteiger charge is 2.15. The number of aliphatic imine (C=N–C) groups is 1. The molecule has 29 heavy (non-hydrogen) atoms. The Morgan fingerprint density at radius 1 is 1.00 bits per heavy atom. The van der Waals surface area contributed by atoms with Crippen LogP contribution < -0.4 is 10.6 Å². The molecule has 3 N–H and O–H groups in total. The summed E-state index contributed by atoms with van der Waals surface area (Å²) >= 11 is 0. The van der Waals surface area contributed by atoms with E-state index in [1.807, 2.05) is 30.3 Å². The van der Waals surface area contributed by atoms with E-state index in [2.05, 4.69) is 67.7 Å². The molecule has 6 heteroatoms. The number of hydrogen-bond donors (Lipinski definition) is 3. The van der Waals surface area contributed by atoms with Gasteiger partial charge in [0.25, 0.3) is 0 Å². The zero-order valence-electron chi connectivity index (χ0n) is 17.9. The third-order valence-corrected chi connectivity index (χ3v) is 4.85. The SMILES string of the molecule is CCNC(=NCC(CO)c1ccccc1)NCC(c1ccc(C)cc1)N(C)C.I. The lowest BCUT2D eigenvalue weighted by atomic mass is 10.0. The van der Waals surface area contributed by atoms with E-state index < -0.39 is 0 Å². The quantitative estimate of drug-likeness (QED) is 0.275. The number of benzene rings is 2. The van der Waals surface area contributed by atoms with Gasteiger partial charge in [-0.15, -0.1) is 24.0 Å². The molecule has 0 saturated carbocycles. The van der Waals surface area contributed by atoms with Crippen LogP contribution in [-0.2, 0) is 0 Å². The van der Waals surface area contributed by atoms with Gasteiger partial charge in [0, 0.05) is 19.0 Å². The van der Waals surface area contributed by atoms with Gasteiger partial charge in [0.1, 0.15) is 0 Å². The minimum Gasteiger partial charge on any atom is -0.396 e. The number of nitrogens with zero attached hydrogens (tertiary/aromatic N) is 2. The van der Waals surface area contributed by atoms with Crippen LogP contribution >= 0.6 is 24.0 Å². The zero-order valence-corrected chi connectivity index (χ0v) is 20.3. The summed E-state index contributed by atoms with van der Waals surface area (Å²) in [6.07, 6.45) is 0. The predicted molar refractivity (Wildman–Crippen MR) is 133 cm³/mol. The van der Waals surface area contributed by atoms with E-state index in [0.29, 0.717) is 6.54 Å². The van der Waals surface area contributed by atoms with Crippen molar-refractivity contribution in [3.63, 3.8) is 0 Å². The normalized spacial score (nSPS) is 13.5. The van der Waals surface area contributed by atoms with Gasteiger partial charge >= 0.3 is 0 Å². The largest absolute Gasteiger partial charge is 0.396 e. The Hall–Kier alpha value is -1.64. The summed E-state index contributed by atoms with van der Waals surface area (Å²) in [5, 5.41) is 16.5. The number of aliphatic hydroxyl groups excluding tert-OH is 1. The number of guanidine groups is 1. The van der Waals surface area contributed by atoms with E-state index in [9.17, 15) is 5.11 Å². The summed E-state index contributed by atoms with van der Waals surface area (Å²) in [4.78, 5) is 6.93. The Kier molecular flexibility index (Phi) is 11.9. The Morgan fingerprint density at radius 2 is 1.66 bits per heavy atom. The van der Waals surface area contributed by atoms with Crippen LogP contribution in [0.2, 0.25) is 0 Å². The molecule has 2 aromatic rings. The molecule has 2 unspecified atom stereocenters. The number of likely N-dealkylation sites (N-methyl/N-ethyl adjacent to an activating group) is 1. The van der Waals surface area contributed by atoms with Gasteiger partial charge in [-0.1, -0.05) is 60.2 Å². The van der Waals surface area contributed by atoms with E-state index in [4.69, 9.17) is 4.99 Å². The average molecular weight is 510 g/mol. The maximum atomic E-state index is 9.77. The van der Waals surface area contributed by atoms with Crippen LogP contribution in [0.1, 0.15) is 35.6 Å². The zero-order chi connectivity index (χ0) is 20.4. The van der Waals surface area contributed by atoms with Gasteiger partial charge in [0.2, 0.25) is 0 Å². The fourth-order valence-electron chi connectivity index (χ4n) is 3.12. The molecule has 0 aromatic heterocycles. The second kappa shape index (κ2) is 13.6. The molecule has 0 bridgehead atoms. The Morgan fingerprint density at radius 3 is 2.21 bits per heavy atom. The van der Waals surface area contributed by atoms with Crippen molar-refractivity contribution in [2.24, 2.45) is 4.99 Å². The number of halogens is 1. The second-order valence-electron chi connectivity index (χ2n) is 7.28. The van der Waals surface area contributed by atoms with E-state index in [1.165, 1.54) is 11.1 Å². The first kappa shape index (κ1) is 25.4. The molecular weight excluding hydrogens is 475 g/mol. The molecule has 0 aliphatic heterocycles. The monoisotopic (exact) mass is 510 g/mol. The average Bonchev–Trinajstić information content (AvgIpc) is 2.70. The molecule has 0 amide bonds. The van der Waals surface area contributed by atoms with Crippen molar-refractivity contribution < 1.29 is 5.11 Å². The van der Waals surface area contributed by atoms with Crippen LogP contribution in [-0.4, -0.2) is 56.3 Å². The van der Waals surface area contributed by atoms with Crippen molar-refractivity contribution in [3.8, 4) is 0 Å². The van der Waals surface area contributed by atoms with Crippen LogP contribution in [0, 0.1) is 6.92 Å². The van der Waals surface area contributed by atoms with Crippen molar-refractivity contribution in [2.45, 2.75) is 25.8 Å². The van der Waals surface area contributed by atoms with E-state index in [0.717, 1.165) is 24.6 Å². The maximum Gasteiger partial charge on any atom is 0.191 e. The summed E-state index contributed by atoms with van der Waals surface area (Å²) in [6, 6.07) is 19.0. The second-order valence-corrected chi connectivity index (χ2v) is 7.28. The molecule has 0 saturated heterocycles. The van der Waals surface area contributed by atoms with Crippen molar-refractivity contribution in [1.82, 2.24) is 15.5 Å². The molecule has 160 valence electrons. The highest BCUT2D eigenvalue weighted by atomic mass is 127. The highest BCUT2D eigenvalue weighted by molar-refractivity contribution is 14.0. The lowest BCUT2D eigenvalue weighted by Crippen LogP contribution is -2.42. The first-order valence-corrected chi connectivity index (χ1v) is 9.96. The van der Waals surface area contributed by atoms with Gasteiger partial charge in [0.05, 0.1) is 19.2 Å². The third kappa shape index (κ3) is 8.32. The van der Waals surface area contributed by atoms with Crippen LogP contribution in [0.15, 0.2) is 59.6 Å². The first-order valence-electron chi connectivity index (χ1n) is 9.96. The molecular formula is C23H35IN4O. The van der Waals surface area contributed by atoms with Crippen molar-refractivity contribution >= 4 is 29.9 Å². The Balaban J connectivity index is 0.00000420. The van der Waals surface area contributed by atoms with Gasteiger partial charge in [0.15, 0.2) is 5.96 Å². The van der Waals surface area contributed by atoms with Crippen LogP contribution in [0.5, 0.6) is 0 Å². The molecule has 0 fully saturated rings. The molecule has 0 radical (unpaired) electrons. The van der Waals surface area contributed by atoms with Crippen LogP contribution in [0.4, 0.5) is 0 Å². The van der Waals surface area contributed by atoms with Crippen molar-refractivity contribution in [1.29, 1.82) is 0 Å². The standard InChI is InChI=1S/C23H34N4O.HI/c1-5-24-23(25-15-21(17-28)19-9-7-6-8-10-19)26-16-22(27(3)4)20-13-11-18(2)12-14-20;/h6-14,21-22,28H,5,15-17H2,1-4H3,(H2,24,25,26);1H. The molecule has 0 heterocycles. The van der Waals surface area contributed by atoms with Gasteiger partial charge in [-0.05, 0) is 39.1 Å².